The van der Waals surface area contributed by atoms with Crippen molar-refractivity contribution in [3.8, 4) is 0 Å². The van der Waals surface area contributed by atoms with Crippen molar-refractivity contribution in [3.63, 3.8) is 0 Å². The summed E-state index contributed by atoms with van der Waals surface area (Å²) in [5.41, 5.74) is 1.05. The van der Waals surface area contributed by atoms with E-state index in [1.54, 1.807) is 0 Å². The molecule has 0 aliphatic heterocycles. The minimum Gasteiger partial charge on any atom is -0.450 e. The number of nitrogens with one attached hydrogen (secondary N) is 1. The van der Waals surface area contributed by atoms with E-state index in [0.29, 0.717) is 13.2 Å². The molecule has 1 atom stereocenters. The second-order valence-corrected chi connectivity index (χ2v) is 7.67. The zero-order valence-electron chi connectivity index (χ0n) is 17.3. The van der Waals surface area contributed by atoms with E-state index in [1.807, 2.05) is 6.92 Å². The number of alkyl carbamates (subject to hydrolysis) is 1. The highest BCUT2D eigenvalue weighted by atomic mass is 16.5. The number of amides is 1. The molecule has 1 unspecified atom stereocenters. The van der Waals surface area contributed by atoms with Crippen molar-refractivity contribution in [1.29, 1.82) is 0 Å². The Balaban J connectivity index is 2.51. The maximum absolute atomic E-state index is 12.1. The molecule has 0 bridgehead atoms. The Hall–Kier alpha value is -2.11. The van der Waals surface area contributed by atoms with Crippen LogP contribution >= 0.6 is 0 Å². The van der Waals surface area contributed by atoms with Gasteiger partial charge in [0.1, 0.15) is 0 Å². The predicted octanol–water partition coefficient (Wildman–Crippen LogP) is 3.34. The first-order chi connectivity index (χ1) is 12.9. The summed E-state index contributed by atoms with van der Waals surface area (Å²) >= 11 is 0. The SMILES string of the molecule is CCOC(=O)NCC(CCN(C)C)(CN(C)C)c1cccc2ccccc12. The van der Waals surface area contributed by atoms with E-state index < -0.39 is 0 Å². The van der Waals surface area contributed by atoms with E-state index in [-0.39, 0.29) is 11.5 Å². The zero-order valence-corrected chi connectivity index (χ0v) is 17.3. The fraction of sp³-hybridized carbons (Fsp3) is 0.500. The van der Waals surface area contributed by atoms with Gasteiger partial charge in [0.2, 0.25) is 0 Å². The summed E-state index contributed by atoms with van der Waals surface area (Å²) in [6, 6.07) is 14.9. The van der Waals surface area contributed by atoms with E-state index in [2.05, 4.69) is 85.8 Å². The third-order valence-corrected chi connectivity index (χ3v) is 4.86. The van der Waals surface area contributed by atoms with Crippen molar-refractivity contribution in [1.82, 2.24) is 15.1 Å². The van der Waals surface area contributed by atoms with Crippen molar-refractivity contribution in [3.05, 3.63) is 48.0 Å². The third-order valence-electron chi connectivity index (χ3n) is 4.86. The molecule has 5 heteroatoms. The molecule has 2 aromatic carbocycles. The number of carbonyl (C=O) groups excluding carboxylic acids is 1. The summed E-state index contributed by atoms with van der Waals surface area (Å²) in [7, 11) is 8.34. The largest absolute Gasteiger partial charge is 0.450 e. The van der Waals surface area contributed by atoms with Crippen LogP contribution in [0.2, 0.25) is 0 Å². The zero-order chi connectivity index (χ0) is 19.9. The maximum atomic E-state index is 12.1. The van der Waals surface area contributed by atoms with Crippen LogP contribution in [0, 0.1) is 0 Å². The highest BCUT2D eigenvalue weighted by molar-refractivity contribution is 5.86. The van der Waals surface area contributed by atoms with Crippen molar-refractivity contribution in [2.75, 3.05) is 54.4 Å². The molecular formula is C22H33N3O2. The molecule has 1 amide bonds. The first-order valence-corrected chi connectivity index (χ1v) is 9.56. The molecule has 0 spiro atoms. The summed E-state index contributed by atoms with van der Waals surface area (Å²) in [5.74, 6) is 0. The fourth-order valence-electron chi connectivity index (χ4n) is 3.69. The predicted molar refractivity (Wildman–Crippen MR) is 112 cm³/mol. The summed E-state index contributed by atoms with van der Waals surface area (Å²) in [5, 5.41) is 5.47. The van der Waals surface area contributed by atoms with Gasteiger partial charge in [0, 0.05) is 18.5 Å². The van der Waals surface area contributed by atoms with Crippen LogP contribution in [-0.2, 0) is 10.2 Å². The van der Waals surface area contributed by atoms with Gasteiger partial charge in [0.25, 0.3) is 0 Å². The van der Waals surface area contributed by atoms with Crippen molar-refractivity contribution in [2.24, 2.45) is 0 Å². The summed E-state index contributed by atoms with van der Waals surface area (Å²) in [4.78, 5) is 16.4. The van der Waals surface area contributed by atoms with E-state index in [4.69, 9.17) is 4.74 Å². The summed E-state index contributed by atoms with van der Waals surface area (Å²) in [6.07, 6.45) is 0.573. The third kappa shape index (κ3) is 5.68. The van der Waals surface area contributed by atoms with Gasteiger partial charge in [-0.2, -0.15) is 0 Å². The lowest BCUT2D eigenvalue weighted by molar-refractivity contribution is 0.145. The molecule has 0 saturated carbocycles. The monoisotopic (exact) mass is 371 g/mol. The number of fused-ring (bicyclic) bond motifs is 1. The van der Waals surface area contributed by atoms with Crippen LogP contribution in [0.1, 0.15) is 18.9 Å². The Morgan fingerprint density at radius 2 is 1.74 bits per heavy atom. The van der Waals surface area contributed by atoms with E-state index in [9.17, 15) is 4.79 Å². The van der Waals surface area contributed by atoms with Crippen LogP contribution in [0.3, 0.4) is 0 Å². The van der Waals surface area contributed by atoms with Crippen LogP contribution < -0.4 is 5.32 Å². The standard InChI is InChI=1S/C22H33N3O2/c1-6-27-21(26)23-16-22(17-25(4)5,14-15-24(2)3)20-13-9-11-18-10-7-8-12-19(18)20/h7-13H,6,14-17H2,1-5H3,(H,23,26). The highest BCUT2D eigenvalue weighted by Crippen LogP contribution is 2.34. The van der Waals surface area contributed by atoms with Crippen LogP contribution in [0.4, 0.5) is 4.79 Å². The smallest absolute Gasteiger partial charge is 0.407 e. The Morgan fingerprint density at radius 3 is 2.41 bits per heavy atom. The summed E-state index contributed by atoms with van der Waals surface area (Å²) in [6.45, 7) is 4.50. The molecule has 27 heavy (non-hydrogen) atoms. The van der Waals surface area contributed by atoms with Crippen molar-refractivity contribution >= 4 is 16.9 Å². The molecule has 0 saturated heterocycles. The Kier molecular flexibility index (Phi) is 7.63. The molecule has 0 aliphatic rings. The number of benzene rings is 2. The van der Waals surface area contributed by atoms with Crippen LogP contribution in [0.15, 0.2) is 42.5 Å². The van der Waals surface area contributed by atoms with Crippen LogP contribution in [0.25, 0.3) is 10.8 Å². The molecular weight excluding hydrogens is 338 g/mol. The van der Waals surface area contributed by atoms with Gasteiger partial charge in [-0.05, 0) is 64.4 Å². The van der Waals surface area contributed by atoms with Crippen LogP contribution in [-0.4, -0.2) is 70.3 Å². The highest BCUT2D eigenvalue weighted by Gasteiger charge is 2.35. The van der Waals surface area contributed by atoms with Gasteiger partial charge < -0.3 is 19.9 Å². The van der Waals surface area contributed by atoms with Gasteiger partial charge in [-0.3, -0.25) is 0 Å². The number of nitrogens with zero attached hydrogens (tertiary/aromatic N) is 2. The molecule has 0 aromatic heterocycles. The minimum absolute atomic E-state index is 0.221. The number of hydrogen-bond donors (Lipinski definition) is 1. The second-order valence-electron chi connectivity index (χ2n) is 7.67. The average Bonchev–Trinajstić information content (AvgIpc) is 2.63. The topological polar surface area (TPSA) is 44.8 Å². The second kappa shape index (κ2) is 9.72. The Morgan fingerprint density at radius 1 is 1.04 bits per heavy atom. The molecule has 0 aliphatic carbocycles. The lowest BCUT2D eigenvalue weighted by Gasteiger charge is -2.38. The number of ether oxygens (including phenoxy) is 1. The molecule has 5 nitrogen and oxygen atoms in total. The number of hydrogen-bond acceptors (Lipinski definition) is 4. The number of rotatable bonds is 9. The van der Waals surface area contributed by atoms with E-state index in [1.165, 1.54) is 16.3 Å². The first-order valence-electron chi connectivity index (χ1n) is 9.56. The van der Waals surface area contributed by atoms with Gasteiger partial charge in [-0.15, -0.1) is 0 Å². The number of likely N-dealkylation sites (N-methyl/N-ethyl adjacent to an activating group) is 1. The molecule has 2 aromatic rings. The van der Waals surface area contributed by atoms with Crippen molar-refractivity contribution < 1.29 is 9.53 Å². The molecule has 1 N–H and O–H groups in total. The summed E-state index contributed by atoms with van der Waals surface area (Å²) < 4.78 is 5.12. The van der Waals surface area contributed by atoms with Gasteiger partial charge in [0.15, 0.2) is 0 Å². The van der Waals surface area contributed by atoms with Gasteiger partial charge in [-0.25, -0.2) is 4.79 Å². The average molecular weight is 372 g/mol. The van der Waals surface area contributed by atoms with Crippen LogP contribution in [0.5, 0.6) is 0 Å². The van der Waals surface area contributed by atoms with Gasteiger partial charge in [0.05, 0.1) is 6.61 Å². The maximum Gasteiger partial charge on any atom is 0.407 e. The van der Waals surface area contributed by atoms with Gasteiger partial charge in [-0.1, -0.05) is 42.5 Å². The fourth-order valence-corrected chi connectivity index (χ4v) is 3.69. The first kappa shape index (κ1) is 21.2. The minimum atomic E-state index is -0.356. The number of carbonyl (C=O) groups is 1. The molecule has 0 radical (unpaired) electrons. The lowest BCUT2D eigenvalue weighted by Crippen LogP contribution is -2.48. The lowest BCUT2D eigenvalue weighted by atomic mass is 9.74. The Bertz CT molecular complexity index is 740. The van der Waals surface area contributed by atoms with Crippen molar-refractivity contribution in [2.45, 2.75) is 18.8 Å². The molecule has 0 heterocycles. The molecule has 2 rings (SSSR count). The van der Waals surface area contributed by atoms with Gasteiger partial charge >= 0.3 is 6.09 Å². The quantitative estimate of drug-likeness (QED) is 0.734. The van der Waals surface area contributed by atoms with E-state index >= 15 is 0 Å². The molecule has 148 valence electrons. The molecule has 0 fully saturated rings. The van der Waals surface area contributed by atoms with E-state index in [0.717, 1.165) is 19.5 Å². The normalized spacial score (nSPS) is 13.7. The Labute approximate surface area is 163 Å².